The number of rotatable bonds is 3. The summed E-state index contributed by atoms with van der Waals surface area (Å²) in [7, 11) is 0. The first-order valence-corrected chi connectivity index (χ1v) is 3.43. The van der Waals surface area contributed by atoms with Gasteiger partial charge in [-0.25, -0.2) is 0 Å². The zero-order valence-electron chi connectivity index (χ0n) is 6.49. The average molecular weight is 125 g/mol. The second-order valence-electron chi connectivity index (χ2n) is 2.20. The molecule has 0 fully saturated rings. The monoisotopic (exact) mass is 125 g/mol. The van der Waals surface area contributed by atoms with E-state index in [1.54, 1.807) is 0 Å². The predicted molar refractivity (Wildman–Crippen MR) is 42.1 cm³/mol. The third-order valence-corrected chi connectivity index (χ3v) is 1.41. The lowest BCUT2D eigenvalue weighted by molar-refractivity contribution is 0.983. The molecule has 0 bridgehead atoms. The molecule has 0 aliphatic carbocycles. The first-order chi connectivity index (χ1) is 4.22. The van der Waals surface area contributed by atoms with Crippen LogP contribution in [0.4, 0.5) is 0 Å². The molecule has 0 aromatic rings. The molecule has 0 aromatic heterocycles. The Hall–Kier alpha value is -0.590. The van der Waals surface area contributed by atoms with E-state index in [0.717, 1.165) is 24.1 Å². The molecule has 0 rings (SSSR count). The molecular weight excluding hydrogens is 110 g/mol. The third-order valence-electron chi connectivity index (χ3n) is 1.41. The highest BCUT2D eigenvalue weighted by atomic mass is 14.4. The van der Waals surface area contributed by atoms with Gasteiger partial charge in [0.1, 0.15) is 0 Å². The van der Waals surface area contributed by atoms with Crippen molar-refractivity contribution in [2.24, 2.45) is 0 Å². The van der Waals surface area contributed by atoms with Gasteiger partial charge in [-0.3, -0.25) is 0 Å². The number of nitrogens with one attached hydrogen (secondary N) is 1. The lowest BCUT2D eigenvalue weighted by atomic mass is 10.1. The summed E-state index contributed by atoms with van der Waals surface area (Å²) in [6, 6.07) is 0. The van der Waals surface area contributed by atoms with Crippen molar-refractivity contribution in [1.82, 2.24) is 0 Å². The molecule has 0 aromatic carbocycles. The van der Waals surface area contributed by atoms with Crippen molar-refractivity contribution in [3.63, 3.8) is 0 Å². The van der Waals surface area contributed by atoms with Gasteiger partial charge in [-0.05, 0) is 25.8 Å². The van der Waals surface area contributed by atoms with Gasteiger partial charge in [0, 0.05) is 5.71 Å². The van der Waals surface area contributed by atoms with Gasteiger partial charge in [0.15, 0.2) is 0 Å². The minimum atomic E-state index is 0.778. The molecule has 0 unspecified atom stereocenters. The minimum Gasteiger partial charge on any atom is -0.305 e. The van der Waals surface area contributed by atoms with E-state index in [2.05, 4.69) is 6.92 Å². The maximum Gasteiger partial charge on any atom is 0.0339 e. The van der Waals surface area contributed by atoms with Gasteiger partial charge in [0.05, 0.1) is 0 Å². The normalized spacial score (nSPS) is 11.7. The van der Waals surface area contributed by atoms with Crippen LogP contribution in [0.2, 0.25) is 0 Å². The van der Waals surface area contributed by atoms with Crippen LogP contribution in [0.15, 0.2) is 11.6 Å². The fourth-order valence-corrected chi connectivity index (χ4v) is 0.621. The molecule has 0 aliphatic rings. The molecule has 1 N–H and O–H groups in total. The molecule has 0 aliphatic heterocycles. The summed E-state index contributed by atoms with van der Waals surface area (Å²) in [6.45, 7) is 6.05. The Morgan fingerprint density at radius 1 is 1.56 bits per heavy atom. The topological polar surface area (TPSA) is 23.9 Å². The van der Waals surface area contributed by atoms with Gasteiger partial charge in [-0.1, -0.05) is 19.4 Å². The van der Waals surface area contributed by atoms with Crippen molar-refractivity contribution in [3.05, 3.63) is 11.6 Å². The summed E-state index contributed by atoms with van der Waals surface area (Å²) in [5.74, 6) is 0. The molecule has 0 saturated carbocycles. The van der Waals surface area contributed by atoms with Crippen molar-refractivity contribution in [2.75, 3.05) is 0 Å². The molecule has 0 atom stereocenters. The zero-order valence-corrected chi connectivity index (χ0v) is 6.49. The van der Waals surface area contributed by atoms with Gasteiger partial charge in [-0.2, -0.15) is 0 Å². The van der Waals surface area contributed by atoms with Crippen LogP contribution in [0, 0.1) is 5.41 Å². The molecule has 0 radical (unpaired) electrons. The second-order valence-corrected chi connectivity index (χ2v) is 2.20. The Kier molecular flexibility index (Phi) is 4.02. The van der Waals surface area contributed by atoms with E-state index in [1.807, 2.05) is 19.9 Å². The smallest absolute Gasteiger partial charge is 0.0339 e. The fourth-order valence-electron chi connectivity index (χ4n) is 0.621. The van der Waals surface area contributed by atoms with Gasteiger partial charge < -0.3 is 5.41 Å². The molecule has 0 saturated heterocycles. The van der Waals surface area contributed by atoms with Crippen LogP contribution in [0.25, 0.3) is 0 Å². The van der Waals surface area contributed by atoms with Crippen molar-refractivity contribution in [2.45, 2.75) is 33.6 Å². The summed E-state index contributed by atoms with van der Waals surface area (Å²) in [4.78, 5) is 0. The van der Waals surface area contributed by atoms with E-state index in [4.69, 9.17) is 5.41 Å². The highest BCUT2D eigenvalue weighted by Gasteiger charge is 1.94. The second kappa shape index (κ2) is 4.30. The van der Waals surface area contributed by atoms with Crippen molar-refractivity contribution in [3.8, 4) is 0 Å². The van der Waals surface area contributed by atoms with Gasteiger partial charge in [0.25, 0.3) is 0 Å². The number of hydrogen-bond donors (Lipinski definition) is 1. The summed E-state index contributed by atoms with van der Waals surface area (Å²) in [5, 5.41) is 7.43. The predicted octanol–water partition coefficient (Wildman–Crippen LogP) is 2.77. The van der Waals surface area contributed by atoms with Crippen LogP contribution >= 0.6 is 0 Å². The fraction of sp³-hybridized carbons (Fsp3) is 0.625. The van der Waals surface area contributed by atoms with E-state index >= 15 is 0 Å². The summed E-state index contributed by atoms with van der Waals surface area (Å²) < 4.78 is 0. The molecule has 1 heteroatoms. The average Bonchev–Trinajstić information content (AvgIpc) is 1.87. The summed E-state index contributed by atoms with van der Waals surface area (Å²) in [6.07, 6.45) is 3.97. The highest BCUT2D eigenvalue weighted by molar-refractivity contribution is 5.96. The van der Waals surface area contributed by atoms with Crippen LogP contribution < -0.4 is 0 Å². The Morgan fingerprint density at radius 2 is 2.11 bits per heavy atom. The van der Waals surface area contributed by atoms with Crippen LogP contribution in [0.5, 0.6) is 0 Å². The maximum atomic E-state index is 7.43. The SMILES string of the molecule is C/C=C(/C)C(=N)CCC. The lowest BCUT2D eigenvalue weighted by Crippen LogP contribution is -1.95. The Labute approximate surface area is 57.3 Å². The molecule has 0 heterocycles. The Morgan fingerprint density at radius 3 is 2.44 bits per heavy atom. The van der Waals surface area contributed by atoms with Crippen LogP contribution in [0.1, 0.15) is 33.6 Å². The van der Waals surface area contributed by atoms with Crippen molar-refractivity contribution >= 4 is 5.71 Å². The molecule has 0 spiro atoms. The lowest BCUT2D eigenvalue weighted by Gasteiger charge is -1.98. The Bertz CT molecular complexity index is 123. The standard InChI is InChI=1S/C8H15N/c1-4-6-8(9)7(3)5-2/h5,9H,4,6H2,1-3H3/b7-5-,9-8?. The van der Waals surface area contributed by atoms with Crippen molar-refractivity contribution in [1.29, 1.82) is 5.41 Å². The minimum absolute atomic E-state index is 0.778. The maximum absolute atomic E-state index is 7.43. The summed E-state index contributed by atoms with van der Waals surface area (Å²) in [5.41, 5.74) is 1.89. The molecular formula is C8H15N. The molecule has 52 valence electrons. The zero-order chi connectivity index (χ0) is 7.28. The van der Waals surface area contributed by atoms with E-state index in [9.17, 15) is 0 Å². The Balaban J connectivity index is 3.74. The summed E-state index contributed by atoms with van der Waals surface area (Å²) >= 11 is 0. The largest absolute Gasteiger partial charge is 0.305 e. The number of hydrogen-bond acceptors (Lipinski definition) is 1. The third kappa shape index (κ3) is 3.07. The van der Waals surface area contributed by atoms with Gasteiger partial charge in [-0.15, -0.1) is 0 Å². The molecule has 9 heavy (non-hydrogen) atoms. The van der Waals surface area contributed by atoms with Crippen LogP contribution in [-0.2, 0) is 0 Å². The van der Waals surface area contributed by atoms with E-state index in [0.29, 0.717) is 0 Å². The van der Waals surface area contributed by atoms with Crippen LogP contribution in [-0.4, -0.2) is 5.71 Å². The van der Waals surface area contributed by atoms with Crippen LogP contribution in [0.3, 0.4) is 0 Å². The van der Waals surface area contributed by atoms with Crippen molar-refractivity contribution < 1.29 is 0 Å². The van der Waals surface area contributed by atoms with E-state index in [-0.39, 0.29) is 0 Å². The number of allylic oxidation sites excluding steroid dienone is 2. The molecule has 1 nitrogen and oxygen atoms in total. The van der Waals surface area contributed by atoms with Gasteiger partial charge in [0.2, 0.25) is 0 Å². The van der Waals surface area contributed by atoms with E-state index < -0.39 is 0 Å². The first kappa shape index (κ1) is 8.41. The first-order valence-electron chi connectivity index (χ1n) is 3.43. The molecule has 0 amide bonds. The van der Waals surface area contributed by atoms with E-state index in [1.165, 1.54) is 0 Å². The quantitative estimate of drug-likeness (QED) is 0.561. The van der Waals surface area contributed by atoms with Gasteiger partial charge >= 0.3 is 0 Å². The highest BCUT2D eigenvalue weighted by Crippen LogP contribution is 2.00.